The van der Waals surface area contributed by atoms with Crippen molar-refractivity contribution in [1.82, 2.24) is 20.2 Å². The molecule has 1 heterocycles. The third-order valence-corrected chi connectivity index (χ3v) is 5.26. The van der Waals surface area contributed by atoms with Gasteiger partial charge in [-0.2, -0.15) is 5.10 Å². The quantitative estimate of drug-likeness (QED) is 0.725. The maximum atomic E-state index is 12.4. The van der Waals surface area contributed by atoms with Gasteiger partial charge in [0.1, 0.15) is 4.90 Å². The predicted octanol–water partition coefficient (Wildman–Crippen LogP) is 0.904. The molecule has 0 amide bonds. The molecule has 6 nitrogen and oxygen atoms in total. The number of rotatable bonds is 6. The van der Waals surface area contributed by atoms with Gasteiger partial charge in [0.05, 0.1) is 11.4 Å². The SMILES string of the molecule is CCNCc1n[nH]c(C)c1S(=O)(=O)NC1CC1(C)C. The molecule has 0 aliphatic heterocycles. The Bertz CT molecular complexity index is 562. The van der Waals surface area contributed by atoms with Crippen molar-refractivity contribution in [2.45, 2.75) is 51.6 Å². The Balaban J connectivity index is 2.22. The fourth-order valence-electron chi connectivity index (χ4n) is 2.10. The van der Waals surface area contributed by atoms with Crippen LogP contribution in [0.4, 0.5) is 0 Å². The number of aryl methyl sites for hydroxylation is 1. The highest BCUT2D eigenvalue weighted by atomic mass is 32.2. The lowest BCUT2D eigenvalue weighted by atomic mass is 10.2. The first-order valence-corrected chi connectivity index (χ1v) is 8.03. The van der Waals surface area contributed by atoms with E-state index < -0.39 is 10.0 Å². The van der Waals surface area contributed by atoms with Crippen molar-refractivity contribution in [2.75, 3.05) is 6.54 Å². The number of nitrogens with one attached hydrogen (secondary N) is 3. The van der Waals surface area contributed by atoms with Crippen molar-refractivity contribution < 1.29 is 8.42 Å². The lowest BCUT2D eigenvalue weighted by Crippen LogP contribution is -2.30. The molecule has 1 atom stereocenters. The molecule has 108 valence electrons. The monoisotopic (exact) mass is 286 g/mol. The highest BCUT2D eigenvalue weighted by molar-refractivity contribution is 7.89. The molecule has 19 heavy (non-hydrogen) atoms. The number of sulfonamides is 1. The Hall–Kier alpha value is -0.920. The van der Waals surface area contributed by atoms with Crippen LogP contribution < -0.4 is 10.0 Å². The largest absolute Gasteiger partial charge is 0.311 e. The van der Waals surface area contributed by atoms with Gasteiger partial charge in [-0.15, -0.1) is 0 Å². The summed E-state index contributed by atoms with van der Waals surface area (Å²) in [6.07, 6.45) is 0.881. The minimum absolute atomic E-state index is 0.0267. The van der Waals surface area contributed by atoms with Crippen LogP contribution in [0, 0.1) is 12.3 Å². The van der Waals surface area contributed by atoms with E-state index in [1.165, 1.54) is 0 Å². The normalized spacial score (nSPS) is 21.6. The molecule has 7 heteroatoms. The van der Waals surface area contributed by atoms with Crippen molar-refractivity contribution >= 4 is 10.0 Å². The molecule has 1 aromatic rings. The summed E-state index contributed by atoms with van der Waals surface area (Å²) >= 11 is 0. The number of aromatic nitrogens is 2. The Kier molecular flexibility index (Phi) is 3.72. The molecule has 1 fully saturated rings. The maximum absolute atomic E-state index is 12.4. The summed E-state index contributed by atoms with van der Waals surface area (Å²) in [5.41, 5.74) is 1.19. The summed E-state index contributed by atoms with van der Waals surface area (Å²) in [6, 6.07) is 0.0267. The first-order valence-electron chi connectivity index (χ1n) is 6.55. The molecular weight excluding hydrogens is 264 g/mol. The summed E-state index contributed by atoms with van der Waals surface area (Å²) in [6.45, 7) is 9.04. The molecule has 1 aliphatic carbocycles. The van der Waals surface area contributed by atoms with E-state index >= 15 is 0 Å². The summed E-state index contributed by atoms with van der Waals surface area (Å²) in [5, 5.41) is 9.94. The minimum atomic E-state index is -3.50. The molecule has 0 radical (unpaired) electrons. The first-order chi connectivity index (χ1) is 8.78. The summed E-state index contributed by atoms with van der Waals surface area (Å²) in [4.78, 5) is 0.288. The molecule has 0 bridgehead atoms. The number of hydrogen-bond donors (Lipinski definition) is 3. The van der Waals surface area contributed by atoms with Crippen LogP contribution >= 0.6 is 0 Å². The lowest BCUT2D eigenvalue weighted by molar-refractivity contribution is 0.553. The zero-order chi connectivity index (χ0) is 14.3. The number of H-pyrrole nitrogens is 1. The van der Waals surface area contributed by atoms with Gasteiger partial charge in [-0.05, 0) is 25.3 Å². The van der Waals surface area contributed by atoms with Crippen molar-refractivity contribution in [1.29, 1.82) is 0 Å². The smallest absolute Gasteiger partial charge is 0.244 e. The van der Waals surface area contributed by atoms with E-state index in [2.05, 4.69) is 34.1 Å². The Morgan fingerprint density at radius 2 is 2.11 bits per heavy atom. The van der Waals surface area contributed by atoms with E-state index in [4.69, 9.17) is 0 Å². The Labute approximate surface area is 114 Å². The van der Waals surface area contributed by atoms with E-state index in [1.807, 2.05) is 6.92 Å². The van der Waals surface area contributed by atoms with Crippen LogP contribution in [-0.2, 0) is 16.6 Å². The van der Waals surface area contributed by atoms with Gasteiger partial charge < -0.3 is 5.32 Å². The number of nitrogens with zero attached hydrogens (tertiary/aromatic N) is 1. The second kappa shape index (κ2) is 4.88. The third-order valence-electron chi connectivity index (χ3n) is 3.58. The number of hydrogen-bond acceptors (Lipinski definition) is 4. The van der Waals surface area contributed by atoms with Crippen LogP contribution in [0.15, 0.2) is 4.90 Å². The van der Waals surface area contributed by atoms with Gasteiger partial charge in [0.15, 0.2) is 0 Å². The van der Waals surface area contributed by atoms with Crippen LogP contribution in [0.25, 0.3) is 0 Å². The van der Waals surface area contributed by atoms with E-state index in [9.17, 15) is 8.42 Å². The van der Waals surface area contributed by atoms with Crippen LogP contribution in [-0.4, -0.2) is 31.2 Å². The molecule has 2 rings (SSSR count). The lowest BCUT2D eigenvalue weighted by Gasteiger charge is -2.09. The zero-order valence-electron chi connectivity index (χ0n) is 11.9. The van der Waals surface area contributed by atoms with Crippen molar-refractivity contribution in [3.05, 3.63) is 11.4 Å². The molecule has 1 aliphatic rings. The van der Waals surface area contributed by atoms with E-state index in [0.717, 1.165) is 13.0 Å². The second-order valence-corrected chi connectivity index (χ2v) is 7.42. The molecule has 0 saturated heterocycles. The molecule has 1 unspecified atom stereocenters. The Morgan fingerprint density at radius 1 is 1.47 bits per heavy atom. The topological polar surface area (TPSA) is 86.9 Å². The van der Waals surface area contributed by atoms with Gasteiger partial charge in [-0.1, -0.05) is 20.8 Å². The van der Waals surface area contributed by atoms with Crippen molar-refractivity contribution in [3.63, 3.8) is 0 Å². The minimum Gasteiger partial charge on any atom is -0.311 e. The highest BCUT2D eigenvalue weighted by Gasteiger charge is 2.48. The van der Waals surface area contributed by atoms with Gasteiger partial charge in [0.2, 0.25) is 10.0 Å². The van der Waals surface area contributed by atoms with Gasteiger partial charge in [0.25, 0.3) is 0 Å². The predicted molar refractivity (Wildman–Crippen MR) is 73.2 cm³/mol. The summed E-state index contributed by atoms with van der Waals surface area (Å²) < 4.78 is 27.6. The van der Waals surface area contributed by atoms with Crippen LogP contribution in [0.1, 0.15) is 38.6 Å². The zero-order valence-corrected chi connectivity index (χ0v) is 12.7. The summed E-state index contributed by atoms with van der Waals surface area (Å²) in [5.74, 6) is 0. The molecule has 0 spiro atoms. The Morgan fingerprint density at radius 3 is 2.63 bits per heavy atom. The molecule has 1 saturated carbocycles. The van der Waals surface area contributed by atoms with Crippen LogP contribution in [0.2, 0.25) is 0 Å². The summed E-state index contributed by atoms with van der Waals surface area (Å²) in [7, 11) is -3.50. The third kappa shape index (κ3) is 2.98. The maximum Gasteiger partial charge on any atom is 0.244 e. The van der Waals surface area contributed by atoms with E-state index in [1.54, 1.807) is 6.92 Å². The first kappa shape index (κ1) is 14.5. The second-order valence-electron chi connectivity index (χ2n) is 5.77. The van der Waals surface area contributed by atoms with Crippen LogP contribution in [0.5, 0.6) is 0 Å². The average molecular weight is 286 g/mol. The van der Waals surface area contributed by atoms with Gasteiger partial charge >= 0.3 is 0 Å². The van der Waals surface area contributed by atoms with Gasteiger partial charge in [0, 0.05) is 12.6 Å². The van der Waals surface area contributed by atoms with Gasteiger partial charge in [-0.3, -0.25) is 5.10 Å². The van der Waals surface area contributed by atoms with E-state index in [-0.39, 0.29) is 16.4 Å². The van der Waals surface area contributed by atoms with Crippen LogP contribution in [0.3, 0.4) is 0 Å². The fourth-order valence-corrected chi connectivity index (χ4v) is 3.88. The highest BCUT2D eigenvalue weighted by Crippen LogP contribution is 2.45. The number of aromatic amines is 1. The molecule has 3 N–H and O–H groups in total. The standard InChI is InChI=1S/C12H22N4O2S/c1-5-13-7-9-11(8(2)14-15-9)19(17,18)16-10-6-12(10,3)4/h10,13,16H,5-7H2,1-4H3,(H,14,15). The molecular formula is C12H22N4O2S. The molecule has 1 aromatic heterocycles. The molecule has 0 aromatic carbocycles. The van der Waals surface area contributed by atoms with Crippen molar-refractivity contribution in [3.8, 4) is 0 Å². The van der Waals surface area contributed by atoms with Crippen molar-refractivity contribution in [2.24, 2.45) is 5.41 Å². The average Bonchev–Trinajstić information content (AvgIpc) is 2.71. The fraction of sp³-hybridized carbons (Fsp3) is 0.750. The van der Waals surface area contributed by atoms with E-state index in [0.29, 0.717) is 17.9 Å². The van der Waals surface area contributed by atoms with Gasteiger partial charge in [-0.25, -0.2) is 13.1 Å².